The van der Waals surface area contributed by atoms with Crippen molar-refractivity contribution in [3.05, 3.63) is 12.2 Å². The molecule has 446 valence electrons. The number of rotatable bonds is 65. The van der Waals surface area contributed by atoms with Crippen LogP contribution in [-0.4, -0.2) is 47.4 Å². The topological polar surface area (TPSA) is 95.9 Å². The second-order valence-electron chi connectivity index (χ2n) is 23.9. The lowest BCUT2D eigenvalue weighted by atomic mass is 10.0. The normalized spacial score (nSPS) is 12.5. The number of hydrogen-bond acceptors (Lipinski definition) is 5. The molecule has 0 aromatic rings. The third-order valence-corrected chi connectivity index (χ3v) is 16.3. The summed E-state index contributed by atoms with van der Waals surface area (Å²) in [5.41, 5.74) is 0. The number of ether oxygens (including phenoxy) is 1. The second-order valence-corrected chi connectivity index (χ2v) is 23.9. The smallest absolute Gasteiger partial charge is 0.305 e. The Morgan fingerprint density at radius 1 is 0.360 bits per heavy atom. The molecule has 1 amide bonds. The van der Waals surface area contributed by atoms with E-state index in [9.17, 15) is 19.8 Å². The molecule has 0 aromatic heterocycles. The molecule has 0 aliphatic heterocycles. The van der Waals surface area contributed by atoms with Gasteiger partial charge in [0, 0.05) is 12.8 Å². The van der Waals surface area contributed by atoms with Crippen LogP contribution in [0.3, 0.4) is 0 Å². The van der Waals surface area contributed by atoms with Gasteiger partial charge in [-0.25, -0.2) is 0 Å². The fourth-order valence-corrected chi connectivity index (χ4v) is 11.1. The van der Waals surface area contributed by atoms with Gasteiger partial charge in [0.05, 0.1) is 25.4 Å². The lowest BCUT2D eigenvalue weighted by Crippen LogP contribution is -2.45. The van der Waals surface area contributed by atoms with Crippen LogP contribution in [0.15, 0.2) is 12.2 Å². The molecular formula is C69H135NO5. The van der Waals surface area contributed by atoms with Gasteiger partial charge in [0.15, 0.2) is 0 Å². The number of hydrogen-bond donors (Lipinski definition) is 3. The third-order valence-electron chi connectivity index (χ3n) is 16.3. The zero-order valence-electron chi connectivity index (χ0n) is 51.1. The summed E-state index contributed by atoms with van der Waals surface area (Å²) in [5.74, 6) is -0.0398. The first-order chi connectivity index (χ1) is 37.0. The number of nitrogens with one attached hydrogen (secondary N) is 1. The minimum Gasteiger partial charge on any atom is -0.466 e. The van der Waals surface area contributed by atoms with Gasteiger partial charge in [-0.2, -0.15) is 0 Å². The van der Waals surface area contributed by atoms with Gasteiger partial charge in [0.1, 0.15) is 0 Å². The van der Waals surface area contributed by atoms with E-state index in [4.69, 9.17) is 4.74 Å². The first-order valence-electron chi connectivity index (χ1n) is 34.5. The Hall–Kier alpha value is -1.40. The first-order valence-corrected chi connectivity index (χ1v) is 34.5. The molecule has 0 fully saturated rings. The summed E-state index contributed by atoms with van der Waals surface area (Å²) in [6, 6.07) is -0.624. The molecule has 0 aromatic carbocycles. The zero-order chi connectivity index (χ0) is 54.3. The van der Waals surface area contributed by atoms with Crippen LogP contribution < -0.4 is 5.32 Å². The van der Waals surface area contributed by atoms with Crippen molar-refractivity contribution in [1.82, 2.24) is 5.32 Å². The van der Waals surface area contributed by atoms with Gasteiger partial charge >= 0.3 is 5.97 Å². The van der Waals surface area contributed by atoms with E-state index in [0.29, 0.717) is 19.4 Å². The van der Waals surface area contributed by atoms with E-state index < -0.39 is 12.1 Å². The number of esters is 1. The quantitative estimate of drug-likeness (QED) is 0.0320. The van der Waals surface area contributed by atoms with Crippen molar-refractivity contribution in [1.29, 1.82) is 0 Å². The van der Waals surface area contributed by atoms with E-state index in [1.54, 1.807) is 6.08 Å². The van der Waals surface area contributed by atoms with Crippen LogP contribution in [0, 0.1) is 0 Å². The molecule has 0 rings (SSSR count). The molecule has 2 atom stereocenters. The number of allylic oxidation sites excluding steroid dienone is 1. The molecule has 0 heterocycles. The van der Waals surface area contributed by atoms with E-state index in [1.807, 2.05) is 6.08 Å². The Balaban J connectivity index is 3.34. The summed E-state index contributed by atoms with van der Waals surface area (Å²) in [4.78, 5) is 24.6. The molecule has 6 heteroatoms. The highest BCUT2D eigenvalue weighted by Crippen LogP contribution is 2.19. The van der Waals surface area contributed by atoms with E-state index in [-0.39, 0.29) is 18.5 Å². The third kappa shape index (κ3) is 61.7. The molecule has 0 aliphatic rings. The number of carbonyl (C=O) groups is 2. The molecule has 6 nitrogen and oxygen atoms in total. The molecule has 0 saturated carbocycles. The van der Waals surface area contributed by atoms with Crippen molar-refractivity contribution < 1.29 is 24.5 Å². The average Bonchev–Trinajstić information content (AvgIpc) is 3.41. The first kappa shape index (κ1) is 73.6. The van der Waals surface area contributed by atoms with Crippen molar-refractivity contribution >= 4 is 11.9 Å². The summed E-state index contributed by atoms with van der Waals surface area (Å²) in [6.07, 6.45) is 80.0. The molecule has 3 N–H and O–H groups in total. The second kappa shape index (κ2) is 65.1. The summed E-state index contributed by atoms with van der Waals surface area (Å²) >= 11 is 0. The summed E-state index contributed by atoms with van der Waals surface area (Å²) in [5, 5.41) is 23.2. The molecular weight excluding hydrogens is 923 g/mol. The number of carbonyl (C=O) groups excluding carboxylic acids is 2. The van der Waals surface area contributed by atoms with Crippen LogP contribution in [0.4, 0.5) is 0 Å². The summed E-state index contributed by atoms with van der Waals surface area (Å²) in [7, 11) is 0. The molecule has 0 spiro atoms. The largest absolute Gasteiger partial charge is 0.466 e. The van der Waals surface area contributed by atoms with E-state index in [1.165, 1.54) is 327 Å². The van der Waals surface area contributed by atoms with Gasteiger partial charge in [-0.3, -0.25) is 9.59 Å². The Bertz CT molecular complexity index is 1130. The van der Waals surface area contributed by atoms with Crippen molar-refractivity contribution in [2.45, 2.75) is 405 Å². The van der Waals surface area contributed by atoms with Crippen molar-refractivity contribution in [3.63, 3.8) is 0 Å². The molecule has 0 aliphatic carbocycles. The maximum absolute atomic E-state index is 12.5. The molecule has 0 saturated heterocycles. The summed E-state index contributed by atoms with van der Waals surface area (Å²) < 4.78 is 5.50. The Morgan fingerprint density at radius 2 is 0.613 bits per heavy atom. The number of amides is 1. The maximum atomic E-state index is 12.5. The number of aliphatic hydroxyl groups excluding tert-OH is 2. The minimum absolute atomic E-state index is 0.0222. The highest BCUT2D eigenvalue weighted by atomic mass is 16.5. The highest BCUT2D eigenvalue weighted by molar-refractivity contribution is 5.76. The monoisotopic (exact) mass is 1060 g/mol. The van der Waals surface area contributed by atoms with Gasteiger partial charge in [0.25, 0.3) is 0 Å². The molecule has 2 unspecified atom stereocenters. The number of aliphatic hydroxyl groups is 2. The van der Waals surface area contributed by atoms with Gasteiger partial charge in [-0.05, 0) is 32.1 Å². The van der Waals surface area contributed by atoms with Gasteiger partial charge in [-0.1, -0.05) is 360 Å². The average molecular weight is 1060 g/mol. The molecule has 0 radical (unpaired) electrons. The lowest BCUT2D eigenvalue weighted by molar-refractivity contribution is -0.143. The van der Waals surface area contributed by atoms with Gasteiger partial charge < -0.3 is 20.3 Å². The molecule has 0 bridgehead atoms. The maximum Gasteiger partial charge on any atom is 0.305 e. The van der Waals surface area contributed by atoms with Gasteiger partial charge in [0.2, 0.25) is 5.91 Å². The minimum atomic E-state index is -0.841. The SMILES string of the molecule is CCCCCCCCCCCCCCC/C=C/C(O)C(CO)NC(=O)CCCCCCCCCCCCCCCCCCCCCCCCCCCCCCOC(=O)CCCCCCCCCCCCCCCCC. The van der Waals surface area contributed by atoms with Crippen LogP contribution in [0.5, 0.6) is 0 Å². The Labute approximate surface area is 469 Å². The number of unbranched alkanes of at least 4 members (excludes halogenated alkanes) is 54. The standard InChI is InChI=1S/C69H135NO5/c1-3-5-7-9-11-13-15-17-33-37-41-45-49-53-57-61-67(72)66(65-71)70-68(73)62-58-54-50-46-42-38-35-31-29-27-25-23-21-19-20-22-24-26-28-30-32-36-40-44-48-52-56-60-64-75-69(74)63-59-55-51-47-43-39-34-18-16-14-12-10-8-6-4-2/h57,61,66-67,71-72H,3-56,58-60,62-65H2,1-2H3,(H,70,73)/b61-57+. The van der Waals surface area contributed by atoms with Crippen LogP contribution in [0.25, 0.3) is 0 Å². The van der Waals surface area contributed by atoms with E-state index in [2.05, 4.69) is 19.2 Å². The van der Waals surface area contributed by atoms with Crippen molar-refractivity contribution in [2.24, 2.45) is 0 Å². The Kier molecular flexibility index (Phi) is 63.9. The predicted molar refractivity (Wildman–Crippen MR) is 329 cm³/mol. The fourth-order valence-electron chi connectivity index (χ4n) is 11.1. The van der Waals surface area contributed by atoms with Gasteiger partial charge in [-0.15, -0.1) is 0 Å². The Morgan fingerprint density at radius 3 is 0.907 bits per heavy atom. The van der Waals surface area contributed by atoms with E-state index in [0.717, 1.165) is 38.5 Å². The van der Waals surface area contributed by atoms with Crippen LogP contribution in [-0.2, 0) is 14.3 Å². The zero-order valence-corrected chi connectivity index (χ0v) is 51.1. The molecule has 75 heavy (non-hydrogen) atoms. The summed E-state index contributed by atoms with van der Waals surface area (Å²) in [6.45, 7) is 4.94. The van der Waals surface area contributed by atoms with Crippen LogP contribution in [0.1, 0.15) is 393 Å². The van der Waals surface area contributed by atoms with Crippen molar-refractivity contribution in [3.8, 4) is 0 Å². The lowest BCUT2D eigenvalue weighted by Gasteiger charge is -2.20. The highest BCUT2D eigenvalue weighted by Gasteiger charge is 2.18. The van der Waals surface area contributed by atoms with E-state index >= 15 is 0 Å². The predicted octanol–water partition coefficient (Wildman–Crippen LogP) is 22.0. The van der Waals surface area contributed by atoms with Crippen molar-refractivity contribution in [2.75, 3.05) is 13.2 Å². The fraction of sp³-hybridized carbons (Fsp3) is 0.942. The van der Waals surface area contributed by atoms with Crippen LogP contribution >= 0.6 is 0 Å². The van der Waals surface area contributed by atoms with Crippen LogP contribution in [0.2, 0.25) is 0 Å².